The van der Waals surface area contributed by atoms with Gasteiger partial charge in [0.1, 0.15) is 17.5 Å². The van der Waals surface area contributed by atoms with E-state index in [1.54, 1.807) is 12.1 Å². The van der Waals surface area contributed by atoms with Gasteiger partial charge in [-0.05, 0) is 57.9 Å². The highest BCUT2D eigenvalue weighted by molar-refractivity contribution is 5.76. The third-order valence-corrected chi connectivity index (χ3v) is 3.34. The molecule has 1 aromatic rings. The molecule has 0 radical (unpaired) electrons. The van der Waals surface area contributed by atoms with Gasteiger partial charge in [0.2, 0.25) is 0 Å². The third kappa shape index (κ3) is 4.04. The summed E-state index contributed by atoms with van der Waals surface area (Å²) in [6, 6.07) is 6.25. The Morgan fingerprint density at radius 1 is 1.35 bits per heavy atom. The van der Waals surface area contributed by atoms with Crippen molar-refractivity contribution in [1.82, 2.24) is 4.90 Å². The minimum atomic E-state index is -0.457. The van der Waals surface area contributed by atoms with Gasteiger partial charge in [-0.25, -0.2) is 4.39 Å². The number of ether oxygens (including phenoxy) is 1. The van der Waals surface area contributed by atoms with Crippen LogP contribution >= 0.6 is 0 Å². The SMILES string of the molecule is CC(C)(C)OC(=O)[C@H]1CCCN1Cc1ccc(F)cc1. The van der Waals surface area contributed by atoms with Gasteiger partial charge < -0.3 is 4.74 Å². The van der Waals surface area contributed by atoms with Crippen molar-refractivity contribution in [3.8, 4) is 0 Å². The molecule has 0 amide bonds. The highest BCUT2D eigenvalue weighted by Gasteiger charge is 2.33. The summed E-state index contributed by atoms with van der Waals surface area (Å²) in [5, 5.41) is 0. The molecule has 0 bridgehead atoms. The summed E-state index contributed by atoms with van der Waals surface area (Å²) >= 11 is 0. The van der Waals surface area contributed by atoms with E-state index in [1.165, 1.54) is 12.1 Å². The van der Waals surface area contributed by atoms with Gasteiger partial charge in [-0.1, -0.05) is 12.1 Å². The first kappa shape index (κ1) is 15.0. The van der Waals surface area contributed by atoms with Gasteiger partial charge in [0.15, 0.2) is 0 Å². The zero-order valence-electron chi connectivity index (χ0n) is 12.4. The molecular formula is C16H22FNO2. The van der Waals surface area contributed by atoms with Crippen LogP contribution in [0.2, 0.25) is 0 Å². The van der Waals surface area contributed by atoms with E-state index in [1.807, 2.05) is 20.8 Å². The van der Waals surface area contributed by atoms with Crippen LogP contribution in [0.25, 0.3) is 0 Å². The lowest BCUT2D eigenvalue weighted by Gasteiger charge is -2.27. The second kappa shape index (κ2) is 5.92. The summed E-state index contributed by atoms with van der Waals surface area (Å²) in [7, 11) is 0. The molecular weight excluding hydrogens is 257 g/mol. The van der Waals surface area contributed by atoms with Gasteiger partial charge >= 0.3 is 5.97 Å². The van der Waals surface area contributed by atoms with Gasteiger partial charge in [-0.3, -0.25) is 9.69 Å². The molecule has 1 aromatic carbocycles. The maximum atomic E-state index is 12.9. The van der Waals surface area contributed by atoms with E-state index in [9.17, 15) is 9.18 Å². The number of likely N-dealkylation sites (tertiary alicyclic amines) is 1. The summed E-state index contributed by atoms with van der Waals surface area (Å²) in [5.74, 6) is -0.393. The maximum absolute atomic E-state index is 12.9. The number of hydrogen-bond donors (Lipinski definition) is 0. The fourth-order valence-electron chi connectivity index (χ4n) is 2.48. The lowest BCUT2D eigenvalue weighted by atomic mass is 10.1. The molecule has 110 valence electrons. The van der Waals surface area contributed by atoms with Crippen molar-refractivity contribution >= 4 is 5.97 Å². The Morgan fingerprint density at radius 2 is 2.00 bits per heavy atom. The molecule has 1 aliphatic heterocycles. The highest BCUT2D eigenvalue weighted by Crippen LogP contribution is 2.23. The monoisotopic (exact) mass is 279 g/mol. The number of benzene rings is 1. The first-order valence-corrected chi connectivity index (χ1v) is 7.06. The minimum Gasteiger partial charge on any atom is -0.459 e. The van der Waals surface area contributed by atoms with Gasteiger partial charge in [-0.2, -0.15) is 0 Å². The summed E-state index contributed by atoms with van der Waals surface area (Å²) in [6.07, 6.45) is 1.82. The summed E-state index contributed by atoms with van der Waals surface area (Å²) in [6.45, 7) is 7.17. The van der Waals surface area contributed by atoms with Crippen LogP contribution in [-0.4, -0.2) is 29.1 Å². The fraction of sp³-hybridized carbons (Fsp3) is 0.562. The Labute approximate surface area is 119 Å². The average molecular weight is 279 g/mol. The second-order valence-electron chi connectivity index (χ2n) is 6.29. The van der Waals surface area contributed by atoms with E-state index < -0.39 is 5.60 Å². The van der Waals surface area contributed by atoms with Crippen LogP contribution in [0.15, 0.2) is 24.3 Å². The van der Waals surface area contributed by atoms with Crippen molar-refractivity contribution < 1.29 is 13.9 Å². The van der Waals surface area contributed by atoms with Crippen LogP contribution in [0.1, 0.15) is 39.2 Å². The number of nitrogens with zero attached hydrogens (tertiary/aromatic N) is 1. The molecule has 1 fully saturated rings. The molecule has 0 N–H and O–H groups in total. The first-order chi connectivity index (χ1) is 9.35. The van der Waals surface area contributed by atoms with Crippen molar-refractivity contribution in [2.24, 2.45) is 0 Å². The smallest absolute Gasteiger partial charge is 0.323 e. The molecule has 20 heavy (non-hydrogen) atoms. The van der Waals surface area contributed by atoms with Crippen LogP contribution in [0.5, 0.6) is 0 Å². The number of halogens is 1. The van der Waals surface area contributed by atoms with E-state index >= 15 is 0 Å². The lowest BCUT2D eigenvalue weighted by molar-refractivity contribution is -0.160. The quantitative estimate of drug-likeness (QED) is 0.796. The Bertz CT molecular complexity index is 464. The summed E-state index contributed by atoms with van der Waals surface area (Å²) < 4.78 is 18.4. The van der Waals surface area contributed by atoms with E-state index in [0.717, 1.165) is 24.9 Å². The van der Waals surface area contributed by atoms with Gasteiger partial charge in [-0.15, -0.1) is 0 Å². The second-order valence-corrected chi connectivity index (χ2v) is 6.29. The number of esters is 1. The summed E-state index contributed by atoms with van der Waals surface area (Å²) in [5.41, 5.74) is 0.558. The van der Waals surface area contributed by atoms with Crippen molar-refractivity contribution in [3.63, 3.8) is 0 Å². The van der Waals surface area contributed by atoms with Crippen molar-refractivity contribution in [1.29, 1.82) is 0 Å². The van der Waals surface area contributed by atoms with Gasteiger partial charge in [0.05, 0.1) is 0 Å². The molecule has 3 nitrogen and oxygen atoms in total. The molecule has 1 atom stereocenters. The van der Waals surface area contributed by atoms with E-state index in [-0.39, 0.29) is 17.8 Å². The molecule has 1 saturated heterocycles. The lowest BCUT2D eigenvalue weighted by Crippen LogP contribution is -2.40. The molecule has 4 heteroatoms. The third-order valence-electron chi connectivity index (χ3n) is 3.34. The zero-order valence-corrected chi connectivity index (χ0v) is 12.4. The van der Waals surface area contributed by atoms with E-state index in [4.69, 9.17) is 4.74 Å². The molecule has 0 spiro atoms. The molecule has 2 rings (SSSR count). The molecule has 0 aliphatic carbocycles. The van der Waals surface area contributed by atoms with Crippen LogP contribution in [-0.2, 0) is 16.1 Å². The van der Waals surface area contributed by atoms with Gasteiger partial charge in [0.25, 0.3) is 0 Å². The van der Waals surface area contributed by atoms with Crippen LogP contribution in [0, 0.1) is 5.82 Å². The van der Waals surface area contributed by atoms with E-state index in [2.05, 4.69) is 4.90 Å². The number of rotatable bonds is 3. The van der Waals surface area contributed by atoms with Gasteiger partial charge in [0, 0.05) is 6.54 Å². The fourth-order valence-corrected chi connectivity index (χ4v) is 2.48. The number of carbonyl (C=O) groups excluding carboxylic acids is 1. The molecule has 0 unspecified atom stereocenters. The topological polar surface area (TPSA) is 29.5 Å². The molecule has 0 saturated carbocycles. The minimum absolute atomic E-state index is 0.155. The molecule has 1 heterocycles. The van der Waals surface area contributed by atoms with Crippen molar-refractivity contribution in [2.45, 2.75) is 51.8 Å². The van der Waals surface area contributed by atoms with Crippen molar-refractivity contribution in [3.05, 3.63) is 35.6 Å². The zero-order chi connectivity index (χ0) is 14.8. The van der Waals surface area contributed by atoms with Crippen LogP contribution in [0.3, 0.4) is 0 Å². The molecule has 1 aliphatic rings. The predicted octanol–water partition coefficient (Wildman–Crippen LogP) is 3.13. The first-order valence-electron chi connectivity index (χ1n) is 7.06. The number of carbonyl (C=O) groups is 1. The van der Waals surface area contributed by atoms with E-state index in [0.29, 0.717) is 6.54 Å². The molecule has 0 aromatic heterocycles. The maximum Gasteiger partial charge on any atom is 0.323 e. The Hall–Kier alpha value is -1.42. The average Bonchev–Trinajstić information content (AvgIpc) is 2.78. The predicted molar refractivity (Wildman–Crippen MR) is 75.7 cm³/mol. The Morgan fingerprint density at radius 3 is 2.60 bits per heavy atom. The van der Waals surface area contributed by atoms with Crippen LogP contribution in [0.4, 0.5) is 4.39 Å². The van der Waals surface area contributed by atoms with Crippen molar-refractivity contribution in [2.75, 3.05) is 6.54 Å². The number of hydrogen-bond acceptors (Lipinski definition) is 3. The van der Waals surface area contributed by atoms with Crippen LogP contribution < -0.4 is 0 Å². The summed E-state index contributed by atoms with van der Waals surface area (Å²) in [4.78, 5) is 14.3. The Balaban J connectivity index is 2.00. The largest absolute Gasteiger partial charge is 0.459 e. The Kier molecular flexibility index (Phi) is 4.43. The highest BCUT2D eigenvalue weighted by atomic mass is 19.1. The normalized spacial score (nSPS) is 20.1. The standard InChI is InChI=1S/C16H22FNO2/c1-16(2,3)20-15(19)14-5-4-10-18(14)11-12-6-8-13(17)9-7-12/h6-9,14H,4-5,10-11H2,1-3H3/t14-/m1/s1.